The maximum absolute atomic E-state index is 14.0. The van der Waals surface area contributed by atoms with Gasteiger partial charge in [-0.25, -0.2) is 4.39 Å². The van der Waals surface area contributed by atoms with Gasteiger partial charge in [0.25, 0.3) is 5.91 Å². The van der Waals surface area contributed by atoms with E-state index in [4.69, 9.17) is 4.74 Å². The van der Waals surface area contributed by atoms with Crippen molar-refractivity contribution in [1.82, 2.24) is 4.90 Å². The molecule has 1 aliphatic rings. The number of rotatable bonds is 6. The summed E-state index contributed by atoms with van der Waals surface area (Å²) in [5.74, 6) is -0.104. The first kappa shape index (κ1) is 15.8. The molecule has 0 radical (unpaired) electrons. The monoisotopic (exact) mass is 294 g/mol. The number of ether oxygens (including phenoxy) is 1. The largest absolute Gasteiger partial charge is 0.384 e. The summed E-state index contributed by atoms with van der Waals surface area (Å²) in [5, 5.41) is 3.02. The molecule has 0 aromatic heterocycles. The molecule has 1 fully saturated rings. The second kappa shape index (κ2) is 7.41. The molecule has 2 rings (SSSR count). The number of carbonyl (C=O) groups excluding carboxylic acids is 1. The summed E-state index contributed by atoms with van der Waals surface area (Å²) >= 11 is 0. The Morgan fingerprint density at radius 2 is 2.33 bits per heavy atom. The average Bonchev–Trinajstić information content (AvgIpc) is 2.94. The second-order valence-corrected chi connectivity index (χ2v) is 5.45. The van der Waals surface area contributed by atoms with Gasteiger partial charge < -0.3 is 15.0 Å². The average molecular weight is 294 g/mol. The lowest BCUT2D eigenvalue weighted by Crippen LogP contribution is -2.30. The summed E-state index contributed by atoms with van der Waals surface area (Å²) in [7, 11) is 1.67. The molecule has 5 heteroatoms. The van der Waals surface area contributed by atoms with Crippen LogP contribution in [0.25, 0.3) is 0 Å². The van der Waals surface area contributed by atoms with E-state index in [-0.39, 0.29) is 11.7 Å². The molecule has 1 heterocycles. The summed E-state index contributed by atoms with van der Waals surface area (Å²) in [6, 6.07) is 4.65. The molecule has 1 atom stereocenters. The van der Waals surface area contributed by atoms with Gasteiger partial charge in [0.15, 0.2) is 0 Å². The lowest BCUT2D eigenvalue weighted by Gasteiger charge is -2.19. The molecule has 1 unspecified atom stereocenters. The van der Waals surface area contributed by atoms with Crippen LogP contribution in [-0.4, -0.2) is 44.2 Å². The molecular formula is C16H23FN2O2. The molecule has 1 N–H and O–H groups in total. The van der Waals surface area contributed by atoms with E-state index in [2.05, 4.69) is 5.32 Å². The number of nitrogens with one attached hydrogen (secondary N) is 1. The number of anilines is 1. The van der Waals surface area contributed by atoms with Gasteiger partial charge in [-0.1, -0.05) is 13.0 Å². The highest BCUT2D eigenvalue weighted by Gasteiger charge is 2.28. The smallest absolute Gasteiger partial charge is 0.256 e. The normalized spacial score (nSPS) is 18.0. The lowest BCUT2D eigenvalue weighted by atomic mass is 10.1. The zero-order chi connectivity index (χ0) is 15.2. The minimum atomic E-state index is -0.373. The third-order valence-electron chi connectivity index (χ3n) is 3.77. The van der Waals surface area contributed by atoms with Gasteiger partial charge in [0.2, 0.25) is 0 Å². The van der Waals surface area contributed by atoms with Gasteiger partial charge in [-0.3, -0.25) is 4.79 Å². The highest BCUT2D eigenvalue weighted by Crippen LogP contribution is 2.25. The van der Waals surface area contributed by atoms with Crippen molar-refractivity contribution < 1.29 is 13.9 Å². The second-order valence-electron chi connectivity index (χ2n) is 5.45. The maximum atomic E-state index is 14.0. The molecule has 1 aliphatic heterocycles. The number of amides is 1. The van der Waals surface area contributed by atoms with Gasteiger partial charge in [0, 0.05) is 32.7 Å². The molecule has 21 heavy (non-hydrogen) atoms. The van der Waals surface area contributed by atoms with Crippen molar-refractivity contribution in [3.63, 3.8) is 0 Å². The van der Waals surface area contributed by atoms with Crippen LogP contribution in [0.15, 0.2) is 18.2 Å². The predicted molar refractivity (Wildman–Crippen MR) is 81.1 cm³/mol. The molecule has 1 saturated heterocycles. The van der Waals surface area contributed by atoms with Crippen molar-refractivity contribution in [3.05, 3.63) is 29.6 Å². The van der Waals surface area contributed by atoms with Crippen molar-refractivity contribution >= 4 is 11.6 Å². The molecule has 1 amide bonds. The lowest BCUT2D eigenvalue weighted by molar-refractivity contribution is 0.0776. The summed E-state index contributed by atoms with van der Waals surface area (Å²) in [4.78, 5) is 14.4. The van der Waals surface area contributed by atoms with E-state index < -0.39 is 0 Å². The first-order chi connectivity index (χ1) is 10.2. The molecule has 0 aliphatic carbocycles. The van der Waals surface area contributed by atoms with Gasteiger partial charge in [-0.15, -0.1) is 0 Å². The number of hydrogen-bond donors (Lipinski definition) is 1. The van der Waals surface area contributed by atoms with Crippen LogP contribution in [0.1, 0.15) is 30.1 Å². The number of halogens is 1. The van der Waals surface area contributed by atoms with Crippen LogP contribution in [0.3, 0.4) is 0 Å². The Morgan fingerprint density at radius 3 is 3.05 bits per heavy atom. The highest BCUT2D eigenvalue weighted by molar-refractivity contribution is 5.99. The number of benzene rings is 1. The van der Waals surface area contributed by atoms with Crippen LogP contribution >= 0.6 is 0 Å². The van der Waals surface area contributed by atoms with E-state index in [0.717, 1.165) is 12.8 Å². The van der Waals surface area contributed by atoms with Crippen molar-refractivity contribution in [3.8, 4) is 0 Å². The Kier molecular flexibility index (Phi) is 5.56. The first-order valence-corrected chi connectivity index (χ1v) is 7.48. The predicted octanol–water partition coefficient (Wildman–Crippen LogP) is 2.76. The van der Waals surface area contributed by atoms with E-state index in [1.165, 1.54) is 6.07 Å². The minimum Gasteiger partial charge on any atom is -0.384 e. The van der Waals surface area contributed by atoms with Gasteiger partial charge in [0.1, 0.15) is 5.82 Å². The van der Waals surface area contributed by atoms with Crippen LogP contribution in [-0.2, 0) is 4.74 Å². The summed E-state index contributed by atoms with van der Waals surface area (Å²) in [6.45, 7) is 4.69. The Hall–Kier alpha value is -1.62. The van der Waals surface area contributed by atoms with Crippen LogP contribution in [0.4, 0.5) is 10.1 Å². The zero-order valence-corrected chi connectivity index (χ0v) is 12.7. The standard InChI is InChI=1S/C16H23FN2O2/c1-3-8-18-15-13(5-4-6-14(15)17)16(20)19-9-7-12(10-19)11-21-2/h4-6,12,18H,3,7-11H2,1-2H3. The van der Waals surface area contributed by atoms with Crippen molar-refractivity contribution in [2.75, 3.05) is 38.7 Å². The first-order valence-electron chi connectivity index (χ1n) is 7.48. The molecule has 0 saturated carbocycles. The van der Waals surface area contributed by atoms with E-state index in [9.17, 15) is 9.18 Å². The van der Waals surface area contributed by atoms with E-state index in [1.54, 1.807) is 24.1 Å². The molecular weight excluding hydrogens is 271 g/mol. The SMILES string of the molecule is CCCNc1c(F)cccc1C(=O)N1CCC(COC)C1. The number of methoxy groups -OCH3 is 1. The number of hydrogen-bond acceptors (Lipinski definition) is 3. The van der Waals surface area contributed by atoms with Crippen molar-refractivity contribution in [2.45, 2.75) is 19.8 Å². The molecule has 0 bridgehead atoms. The Bertz CT molecular complexity index is 493. The third-order valence-corrected chi connectivity index (χ3v) is 3.77. The van der Waals surface area contributed by atoms with Crippen LogP contribution in [0.5, 0.6) is 0 Å². The fraction of sp³-hybridized carbons (Fsp3) is 0.562. The number of likely N-dealkylation sites (tertiary alicyclic amines) is 1. The van der Waals surface area contributed by atoms with E-state index in [1.807, 2.05) is 6.92 Å². The summed E-state index contributed by atoms with van der Waals surface area (Å²) in [6.07, 6.45) is 1.81. The Labute approximate surface area is 125 Å². The number of para-hydroxylation sites is 1. The van der Waals surface area contributed by atoms with Gasteiger partial charge in [0.05, 0.1) is 17.9 Å². The van der Waals surface area contributed by atoms with Crippen LogP contribution in [0, 0.1) is 11.7 Å². The fourth-order valence-electron chi connectivity index (χ4n) is 2.69. The van der Waals surface area contributed by atoms with Crippen molar-refractivity contribution in [1.29, 1.82) is 0 Å². The highest BCUT2D eigenvalue weighted by atomic mass is 19.1. The minimum absolute atomic E-state index is 0.105. The van der Waals surface area contributed by atoms with Gasteiger partial charge in [-0.2, -0.15) is 0 Å². The van der Waals surface area contributed by atoms with Gasteiger partial charge in [-0.05, 0) is 25.0 Å². The number of carbonyl (C=O) groups is 1. The molecule has 116 valence electrons. The van der Waals surface area contributed by atoms with Crippen molar-refractivity contribution in [2.24, 2.45) is 5.92 Å². The fourth-order valence-corrected chi connectivity index (χ4v) is 2.69. The number of nitrogens with zero attached hydrogens (tertiary/aromatic N) is 1. The Balaban J connectivity index is 2.14. The maximum Gasteiger partial charge on any atom is 0.256 e. The molecule has 1 aromatic rings. The third kappa shape index (κ3) is 3.73. The van der Waals surface area contributed by atoms with Gasteiger partial charge >= 0.3 is 0 Å². The topological polar surface area (TPSA) is 41.6 Å². The Morgan fingerprint density at radius 1 is 1.52 bits per heavy atom. The van der Waals surface area contributed by atoms with Crippen LogP contribution in [0.2, 0.25) is 0 Å². The molecule has 0 spiro atoms. The summed E-state index contributed by atoms with van der Waals surface area (Å²) < 4.78 is 19.1. The molecule has 4 nitrogen and oxygen atoms in total. The zero-order valence-electron chi connectivity index (χ0n) is 12.7. The summed E-state index contributed by atoms with van der Waals surface area (Å²) in [5.41, 5.74) is 0.737. The van der Waals surface area contributed by atoms with E-state index in [0.29, 0.717) is 43.4 Å². The van der Waals surface area contributed by atoms with E-state index >= 15 is 0 Å². The quantitative estimate of drug-likeness (QED) is 0.877. The van der Waals surface area contributed by atoms with Crippen LogP contribution < -0.4 is 5.32 Å². The molecule has 1 aromatic carbocycles.